The second-order valence-corrected chi connectivity index (χ2v) is 11.7. The van der Waals surface area contributed by atoms with E-state index >= 15 is 0 Å². The van der Waals surface area contributed by atoms with E-state index in [1.165, 1.54) is 0 Å². The fraction of sp³-hybridized carbons (Fsp3) is 0.312. The molecule has 1 saturated carbocycles. The molecule has 4 N–H and O–H groups in total. The topological polar surface area (TPSA) is 143 Å². The minimum absolute atomic E-state index is 0.0442. The molecule has 12 heteroatoms. The molecule has 1 unspecified atom stereocenters. The number of benzene rings is 3. The summed E-state index contributed by atoms with van der Waals surface area (Å²) in [6.07, 6.45) is 3.32. The lowest BCUT2D eigenvalue weighted by atomic mass is 9.81. The van der Waals surface area contributed by atoms with E-state index in [2.05, 4.69) is 16.0 Å². The van der Waals surface area contributed by atoms with E-state index in [0.717, 1.165) is 12.8 Å². The molecule has 1 atom stereocenters. The number of carbonyl (C=O) groups excluding carboxylic acids is 3. The van der Waals surface area contributed by atoms with Crippen LogP contribution in [0, 0.1) is 5.41 Å². The first-order valence-electron chi connectivity index (χ1n) is 14.2. The number of ether oxygens (including phenoxy) is 2. The van der Waals surface area contributed by atoms with E-state index in [1.807, 2.05) is 0 Å². The molecule has 3 aromatic rings. The summed E-state index contributed by atoms with van der Waals surface area (Å²) < 4.78 is 10.6. The molecule has 1 heterocycles. The van der Waals surface area contributed by atoms with Gasteiger partial charge in [0.15, 0.2) is 11.5 Å². The molecule has 1 fully saturated rings. The van der Waals surface area contributed by atoms with Crippen LogP contribution in [-0.2, 0) is 16.0 Å². The van der Waals surface area contributed by atoms with Gasteiger partial charge in [-0.05, 0) is 67.3 Å². The Morgan fingerprint density at radius 3 is 2.25 bits per heavy atom. The van der Waals surface area contributed by atoms with E-state index < -0.39 is 23.3 Å². The van der Waals surface area contributed by atoms with Crippen LogP contribution < -0.4 is 25.4 Å². The van der Waals surface area contributed by atoms with Crippen molar-refractivity contribution in [3.05, 3.63) is 87.4 Å². The number of rotatable bonds is 11. The summed E-state index contributed by atoms with van der Waals surface area (Å²) in [6.45, 7) is 0.365. The van der Waals surface area contributed by atoms with Gasteiger partial charge in [-0.25, -0.2) is 4.79 Å². The highest BCUT2D eigenvalue weighted by Crippen LogP contribution is 2.41. The fourth-order valence-electron chi connectivity index (χ4n) is 5.58. The van der Waals surface area contributed by atoms with Crippen molar-refractivity contribution in [1.82, 2.24) is 10.6 Å². The number of amides is 3. The number of carboxylic acid groups (broad SMARTS) is 1. The van der Waals surface area contributed by atoms with Gasteiger partial charge in [0.25, 0.3) is 11.8 Å². The average molecular weight is 641 g/mol. The van der Waals surface area contributed by atoms with Gasteiger partial charge in [-0.3, -0.25) is 14.4 Å². The molecule has 0 radical (unpaired) electrons. The molecule has 3 amide bonds. The summed E-state index contributed by atoms with van der Waals surface area (Å²) in [7, 11) is 0. The highest BCUT2D eigenvalue weighted by Gasteiger charge is 2.42. The molecular formula is C32H31Cl2N3O7. The minimum atomic E-state index is -1.16. The second-order valence-electron chi connectivity index (χ2n) is 10.9. The Morgan fingerprint density at radius 1 is 0.886 bits per heavy atom. The SMILES string of the molecule is O=C(NCCC1(C(=O)NC(Cc2ccc(NC(=O)c3c(Cl)cccc3Cl)cc2)C(=O)O)CCCC1)c1ccc2c(c1)OCO2. The zero-order valence-corrected chi connectivity index (χ0v) is 25.2. The van der Waals surface area contributed by atoms with Crippen molar-refractivity contribution < 1.29 is 33.8 Å². The van der Waals surface area contributed by atoms with Gasteiger partial charge in [0.1, 0.15) is 6.04 Å². The van der Waals surface area contributed by atoms with Gasteiger partial charge in [-0.2, -0.15) is 0 Å². The van der Waals surface area contributed by atoms with Crippen molar-refractivity contribution in [2.45, 2.75) is 44.6 Å². The van der Waals surface area contributed by atoms with Gasteiger partial charge < -0.3 is 30.5 Å². The van der Waals surface area contributed by atoms with E-state index in [-0.39, 0.29) is 47.2 Å². The van der Waals surface area contributed by atoms with Crippen LogP contribution in [0.5, 0.6) is 11.5 Å². The van der Waals surface area contributed by atoms with Crippen LogP contribution >= 0.6 is 23.2 Å². The Kier molecular flexibility index (Phi) is 9.61. The lowest BCUT2D eigenvalue weighted by Gasteiger charge is -2.29. The number of aliphatic carboxylic acids is 1. The molecule has 0 aromatic heterocycles. The zero-order chi connectivity index (χ0) is 31.3. The number of halogens is 2. The van der Waals surface area contributed by atoms with Crippen LogP contribution in [0.15, 0.2) is 60.7 Å². The molecule has 3 aromatic carbocycles. The summed E-state index contributed by atoms with van der Waals surface area (Å²) in [6, 6.07) is 15.2. The molecule has 0 spiro atoms. The Hall–Kier alpha value is -4.28. The summed E-state index contributed by atoms with van der Waals surface area (Å²) in [5.41, 5.74) is 0.927. The first kappa shape index (κ1) is 31.2. The van der Waals surface area contributed by atoms with Gasteiger partial charge in [0.2, 0.25) is 12.7 Å². The Bertz CT molecular complexity index is 1550. The predicted molar refractivity (Wildman–Crippen MR) is 165 cm³/mol. The lowest BCUT2D eigenvalue weighted by Crippen LogP contribution is -2.49. The van der Waals surface area contributed by atoms with E-state index in [9.17, 15) is 24.3 Å². The molecule has 1 aliphatic heterocycles. The molecule has 1 aliphatic carbocycles. The van der Waals surface area contributed by atoms with Crippen molar-refractivity contribution in [2.24, 2.45) is 5.41 Å². The van der Waals surface area contributed by atoms with Gasteiger partial charge in [-0.1, -0.05) is 54.2 Å². The van der Waals surface area contributed by atoms with Crippen molar-refractivity contribution in [3.8, 4) is 11.5 Å². The summed E-state index contributed by atoms with van der Waals surface area (Å²) in [5.74, 6) is -1.18. The zero-order valence-electron chi connectivity index (χ0n) is 23.7. The van der Waals surface area contributed by atoms with Crippen LogP contribution in [0.25, 0.3) is 0 Å². The van der Waals surface area contributed by atoms with Gasteiger partial charge >= 0.3 is 5.97 Å². The minimum Gasteiger partial charge on any atom is -0.480 e. The first-order chi connectivity index (χ1) is 21.1. The lowest BCUT2D eigenvalue weighted by molar-refractivity contribution is -0.144. The summed E-state index contributed by atoms with van der Waals surface area (Å²) >= 11 is 12.2. The van der Waals surface area contributed by atoms with Crippen LogP contribution in [-0.4, -0.2) is 48.2 Å². The standard InChI is InChI=1S/C32H31Cl2N3O7/c33-22-4-3-5-23(34)27(22)29(39)36-21-9-6-19(7-10-21)16-24(30(40)41)37-31(42)32(12-1-2-13-32)14-15-35-28(38)20-8-11-25-26(17-20)44-18-43-25/h3-11,17,24H,1-2,12-16,18H2,(H,35,38)(H,36,39)(H,37,42)(H,40,41). The van der Waals surface area contributed by atoms with Gasteiger partial charge in [0.05, 0.1) is 21.0 Å². The number of anilines is 1. The Morgan fingerprint density at radius 2 is 1.57 bits per heavy atom. The molecule has 2 aliphatic rings. The van der Waals surface area contributed by atoms with Crippen molar-refractivity contribution in [3.63, 3.8) is 0 Å². The third kappa shape index (κ3) is 7.09. The van der Waals surface area contributed by atoms with Crippen molar-refractivity contribution in [2.75, 3.05) is 18.7 Å². The van der Waals surface area contributed by atoms with Crippen LogP contribution in [0.4, 0.5) is 5.69 Å². The quantitative estimate of drug-likeness (QED) is 0.218. The van der Waals surface area contributed by atoms with Gasteiger partial charge in [0, 0.05) is 24.2 Å². The van der Waals surface area contributed by atoms with Crippen LogP contribution in [0.1, 0.15) is 58.4 Å². The predicted octanol–water partition coefficient (Wildman–Crippen LogP) is 5.47. The molecule has 0 saturated heterocycles. The highest BCUT2D eigenvalue weighted by atomic mass is 35.5. The third-order valence-electron chi connectivity index (χ3n) is 8.01. The summed E-state index contributed by atoms with van der Waals surface area (Å²) in [4.78, 5) is 51.1. The molecule has 230 valence electrons. The van der Waals surface area contributed by atoms with Crippen molar-refractivity contribution in [1.29, 1.82) is 0 Å². The molecule has 0 bridgehead atoms. The maximum Gasteiger partial charge on any atom is 0.326 e. The maximum absolute atomic E-state index is 13.5. The monoisotopic (exact) mass is 639 g/mol. The largest absolute Gasteiger partial charge is 0.480 e. The van der Waals surface area contributed by atoms with Gasteiger partial charge in [-0.15, -0.1) is 0 Å². The fourth-order valence-corrected chi connectivity index (χ4v) is 6.15. The second kappa shape index (κ2) is 13.6. The number of carbonyl (C=O) groups is 4. The third-order valence-corrected chi connectivity index (χ3v) is 8.64. The molecule has 10 nitrogen and oxygen atoms in total. The van der Waals surface area contributed by atoms with Crippen LogP contribution in [0.2, 0.25) is 10.0 Å². The Labute approximate surface area is 264 Å². The number of hydrogen-bond acceptors (Lipinski definition) is 6. The van der Waals surface area contributed by atoms with E-state index in [4.69, 9.17) is 32.7 Å². The molecule has 5 rings (SSSR count). The van der Waals surface area contributed by atoms with E-state index in [0.29, 0.717) is 47.6 Å². The molecule has 44 heavy (non-hydrogen) atoms. The normalized spacial score (nSPS) is 15.3. The average Bonchev–Trinajstić information content (AvgIpc) is 3.68. The smallest absolute Gasteiger partial charge is 0.326 e. The highest BCUT2D eigenvalue weighted by molar-refractivity contribution is 6.40. The molecular weight excluding hydrogens is 609 g/mol. The number of nitrogens with one attached hydrogen (secondary N) is 3. The maximum atomic E-state index is 13.5. The number of carboxylic acids is 1. The summed E-state index contributed by atoms with van der Waals surface area (Å²) in [5, 5.41) is 18.7. The van der Waals surface area contributed by atoms with Crippen LogP contribution in [0.3, 0.4) is 0 Å². The number of hydrogen-bond donors (Lipinski definition) is 4. The Balaban J connectivity index is 1.17. The van der Waals surface area contributed by atoms with Crippen molar-refractivity contribution >= 4 is 52.6 Å². The number of fused-ring (bicyclic) bond motifs is 1. The first-order valence-corrected chi connectivity index (χ1v) is 15.0. The van der Waals surface area contributed by atoms with E-state index in [1.54, 1.807) is 60.7 Å².